The second kappa shape index (κ2) is 9.42. The van der Waals surface area contributed by atoms with Crippen molar-refractivity contribution in [2.24, 2.45) is 0 Å². The Morgan fingerprint density at radius 2 is 1.74 bits per heavy atom. The molecule has 3 heterocycles. The maximum Gasteiger partial charge on any atom is 0.243 e. The van der Waals surface area contributed by atoms with Crippen LogP contribution in [-0.2, 0) is 14.8 Å². The Balaban J connectivity index is 1.28. The van der Waals surface area contributed by atoms with Gasteiger partial charge in [0, 0.05) is 38.8 Å². The van der Waals surface area contributed by atoms with Crippen LogP contribution in [0.25, 0.3) is 0 Å². The van der Waals surface area contributed by atoms with Crippen LogP contribution in [-0.4, -0.2) is 76.5 Å². The van der Waals surface area contributed by atoms with E-state index in [9.17, 15) is 17.6 Å². The number of nitrogens with zero attached hydrogens (tertiary/aromatic N) is 2. The van der Waals surface area contributed by atoms with E-state index in [4.69, 9.17) is 21.1 Å². The second-order valence-corrected chi connectivity index (χ2v) is 11.1. The summed E-state index contributed by atoms with van der Waals surface area (Å²) in [5.74, 6) is -0.226. The van der Waals surface area contributed by atoms with Gasteiger partial charge in [-0.15, -0.1) is 0 Å². The number of ether oxygens (including phenoxy) is 2. The molecule has 186 valence electrons. The highest BCUT2D eigenvalue weighted by Crippen LogP contribution is 2.36. The molecule has 0 bridgehead atoms. The molecule has 2 aromatic rings. The third-order valence-electron chi connectivity index (χ3n) is 6.51. The molecule has 1 atom stereocenters. The van der Waals surface area contributed by atoms with Gasteiger partial charge in [-0.25, -0.2) is 12.8 Å². The molecule has 35 heavy (non-hydrogen) atoms. The van der Waals surface area contributed by atoms with E-state index >= 15 is 0 Å². The first-order valence-electron chi connectivity index (χ1n) is 11.3. The van der Waals surface area contributed by atoms with Gasteiger partial charge in [0.2, 0.25) is 15.9 Å². The van der Waals surface area contributed by atoms with Gasteiger partial charge in [0.1, 0.15) is 19.0 Å². The summed E-state index contributed by atoms with van der Waals surface area (Å²) in [6, 6.07) is 8.95. The molecule has 0 fully saturated rings. The summed E-state index contributed by atoms with van der Waals surface area (Å²) in [6.07, 6.45) is 0. The monoisotopic (exact) mass is 521 g/mol. The zero-order valence-electron chi connectivity index (χ0n) is 19.1. The van der Waals surface area contributed by atoms with Crippen molar-refractivity contribution in [2.75, 3.05) is 53.0 Å². The van der Waals surface area contributed by atoms with Gasteiger partial charge in [0.05, 0.1) is 15.8 Å². The SMILES string of the molecule is CNC[C@@H](C(=O)N1CC2=C(C1)CN(S(=O)(=O)c1ccc3c(c1)OCCO3)C2)c1ccc(F)c(Cl)c1. The number of fused-ring (bicyclic) bond motifs is 1. The fourth-order valence-corrected chi connectivity index (χ4v) is 6.34. The van der Waals surface area contributed by atoms with Crippen LogP contribution in [0.3, 0.4) is 0 Å². The van der Waals surface area contributed by atoms with Crippen LogP contribution in [0.2, 0.25) is 5.02 Å². The van der Waals surface area contributed by atoms with E-state index < -0.39 is 21.8 Å². The standard InChI is InChI=1S/C24H25ClFN3O5S/c1-27-10-19(15-2-4-21(26)20(25)8-15)24(30)28-11-16-13-29(14-17(16)12-28)35(31,32)18-3-5-22-23(9-18)34-7-6-33-22/h2-5,8-9,19,27H,6-7,10-14H2,1H3/t19-/m1/s1. The summed E-state index contributed by atoms with van der Waals surface area (Å²) < 4.78 is 52.6. The molecule has 0 saturated carbocycles. The van der Waals surface area contributed by atoms with Gasteiger partial charge < -0.3 is 19.7 Å². The Labute approximate surface area is 208 Å². The number of rotatable bonds is 6. The van der Waals surface area contributed by atoms with Gasteiger partial charge in [0.25, 0.3) is 0 Å². The number of carbonyl (C=O) groups is 1. The summed E-state index contributed by atoms with van der Waals surface area (Å²) >= 11 is 5.94. The van der Waals surface area contributed by atoms with Crippen molar-refractivity contribution in [2.45, 2.75) is 10.8 Å². The maximum absolute atomic E-state index is 13.6. The Morgan fingerprint density at radius 1 is 1.06 bits per heavy atom. The molecule has 0 saturated heterocycles. The van der Waals surface area contributed by atoms with Crippen molar-refractivity contribution >= 4 is 27.5 Å². The first-order chi connectivity index (χ1) is 16.8. The predicted molar refractivity (Wildman–Crippen MR) is 128 cm³/mol. The number of hydrogen-bond acceptors (Lipinski definition) is 6. The molecule has 1 N–H and O–H groups in total. The maximum atomic E-state index is 13.6. The average Bonchev–Trinajstić information content (AvgIpc) is 3.44. The van der Waals surface area contributed by atoms with Gasteiger partial charge in [-0.2, -0.15) is 4.31 Å². The van der Waals surface area contributed by atoms with E-state index in [1.54, 1.807) is 24.1 Å². The summed E-state index contributed by atoms with van der Waals surface area (Å²) in [6.45, 7) is 2.35. The lowest BCUT2D eigenvalue weighted by Crippen LogP contribution is -2.40. The number of carbonyl (C=O) groups excluding carboxylic acids is 1. The highest BCUT2D eigenvalue weighted by atomic mass is 35.5. The molecule has 0 aromatic heterocycles. The van der Waals surface area contributed by atoms with Gasteiger partial charge in [-0.3, -0.25) is 4.79 Å². The molecule has 5 rings (SSSR count). The summed E-state index contributed by atoms with van der Waals surface area (Å²) in [7, 11) is -1.99. The Morgan fingerprint density at radius 3 is 2.40 bits per heavy atom. The predicted octanol–water partition coefficient (Wildman–Crippen LogP) is 2.40. The molecule has 3 aliphatic heterocycles. The van der Waals surface area contributed by atoms with E-state index in [1.807, 2.05) is 0 Å². The molecule has 1 amide bonds. The van der Waals surface area contributed by atoms with E-state index in [0.29, 0.717) is 49.9 Å². The van der Waals surface area contributed by atoms with Crippen molar-refractivity contribution in [1.82, 2.24) is 14.5 Å². The van der Waals surface area contributed by atoms with E-state index in [2.05, 4.69) is 5.32 Å². The van der Waals surface area contributed by atoms with Crippen molar-refractivity contribution in [3.63, 3.8) is 0 Å². The highest BCUT2D eigenvalue weighted by molar-refractivity contribution is 7.89. The zero-order chi connectivity index (χ0) is 24.7. The van der Waals surface area contributed by atoms with Crippen molar-refractivity contribution in [1.29, 1.82) is 0 Å². The Bertz CT molecular complexity index is 1300. The van der Waals surface area contributed by atoms with Crippen molar-refractivity contribution < 1.29 is 27.1 Å². The lowest BCUT2D eigenvalue weighted by atomic mass is 9.97. The van der Waals surface area contributed by atoms with Crippen LogP contribution in [0, 0.1) is 5.82 Å². The molecule has 3 aliphatic rings. The zero-order valence-corrected chi connectivity index (χ0v) is 20.7. The van der Waals surface area contributed by atoms with Crippen molar-refractivity contribution in [3.05, 3.63) is 63.9 Å². The molecule has 11 heteroatoms. The van der Waals surface area contributed by atoms with Gasteiger partial charge in [-0.05, 0) is 48.0 Å². The normalized spacial score (nSPS) is 18.7. The van der Waals surface area contributed by atoms with E-state index in [-0.39, 0.29) is 28.9 Å². The average molecular weight is 522 g/mol. The van der Waals surface area contributed by atoms with Crippen LogP contribution < -0.4 is 14.8 Å². The van der Waals surface area contributed by atoms with Crippen LogP contribution in [0.5, 0.6) is 11.5 Å². The first kappa shape index (κ1) is 24.1. The van der Waals surface area contributed by atoms with Crippen molar-refractivity contribution in [3.8, 4) is 11.5 Å². The van der Waals surface area contributed by atoms with E-state index in [0.717, 1.165) is 11.1 Å². The third-order valence-corrected chi connectivity index (χ3v) is 8.59. The summed E-state index contributed by atoms with van der Waals surface area (Å²) in [5.41, 5.74) is 2.49. The highest BCUT2D eigenvalue weighted by Gasteiger charge is 2.39. The van der Waals surface area contributed by atoms with Crippen LogP contribution in [0.15, 0.2) is 52.4 Å². The van der Waals surface area contributed by atoms with Gasteiger partial charge >= 0.3 is 0 Å². The quantitative estimate of drug-likeness (QED) is 0.587. The topological polar surface area (TPSA) is 88.2 Å². The number of benzene rings is 2. The number of amides is 1. The second-order valence-electron chi connectivity index (χ2n) is 8.76. The fraction of sp³-hybridized carbons (Fsp3) is 0.375. The largest absolute Gasteiger partial charge is 0.486 e. The van der Waals surface area contributed by atoms with Crippen LogP contribution in [0.4, 0.5) is 4.39 Å². The molecule has 0 unspecified atom stereocenters. The molecule has 8 nitrogen and oxygen atoms in total. The number of nitrogens with one attached hydrogen (secondary N) is 1. The number of likely N-dealkylation sites (N-methyl/N-ethyl adjacent to an activating group) is 1. The molecular weight excluding hydrogens is 497 g/mol. The van der Waals surface area contributed by atoms with Crippen LogP contribution >= 0.6 is 11.6 Å². The minimum Gasteiger partial charge on any atom is -0.486 e. The number of sulfonamides is 1. The Kier molecular flexibility index (Phi) is 6.47. The molecular formula is C24H25ClFN3O5S. The lowest BCUT2D eigenvalue weighted by Gasteiger charge is -2.27. The number of halogens is 2. The molecule has 0 aliphatic carbocycles. The molecule has 0 radical (unpaired) electrons. The van der Waals surface area contributed by atoms with Gasteiger partial charge in [0.15, 0.2) is 11.5 Å². The fourth-order valence-electron chi connectivity index (χ4n) is 4.71. The molecule has 0 spiro atoms. The third kappa shape index (κ3) is 4.51. The summed E-state index contributed by atoms with van der Waals surface area (Å²) in [4.78, 5) is 15.2. The minimum absolute atomic E-state index is 0.0292. The van der Waals surface area contributed by atoms with E-state index in [1.165, 1.54) is 28.6 Å². The molecule has 2 aromatic carbocycles. The minimum atomic E-state index is -3.74. The number of hydrogen-bond donors (Lipinski definition) is 1. The smallest absolute Gasteiger partial charge is 0.243 e. The Hall–Kier alpha value is -2.66. The lowest BCUT2D eigenvalue weighted by molar-refractivity contribution is -0.131. The van der Waals surface area contributed by atoms with Gasteiger partial charge in [-0.1, -0.05) is 17.7 Å². The summed E-state index contributed by atoms with van der Waals surface area (Å²) in [5, 5.41) is 2.99. The van der Waals surface area contributed by atoms with Crippen LogP contribution in [0.1, 0.15) is 11.5 Å². The first-order valence-corrected chi connectivity index (χ1v) is 13.1.